The molecule has 0 unspecified atom stereocenters. The van der Waals surface area contributed by atoms with E-state index in [0.717, 1.165) is 50.1 Å². The summed E-state index contributed by atoms with van der Waals surface area (Å²) in [5.74, 6) is -0.811. The summed E-state index contributed by atoms with van der Waals surface area (Å²) in [7, 11) is 0. The Hall–Kier alpha value is -3.05. The number of nitrogens with zero attached hydrogens (tertiary/aromatic N) is 2. The molecule has 49 heavy (non-hydrogen) atoms. The molecule has 1 saturated heterocycles. The van der Waals surface area contributed by atoms with E-state index in [9.17, 15) is 31.1 Å². The Morgan fingerprint density at radius 1 is 0.816 bits per heavy atom. The molecule has 11 heteroatoms. The predicted molar refractivity (Wildman–Crippen MR) is 182 cm³/mol. The van der Waals surface area contributed by atoms with Gasteiger partial charge in [0.2, 0.25) is 0 Å². The van der Waals surface area contributed by atoms with Crippen molar-refractivity contribution in [1.82, 2.24) is 9.80 Å². The quantitative estimate of drug-likeness (QED) is 0.145. The number of nitrogens with one attached hydrogen (secondary N) is 2. The van der Waals surface area contributed by atoms with Crippen molar-refractivity contribution in [3.8, 4) is 0 Å². The number of carbonyl (C=O) groups is 1. The highest BCUT2D eigenvalue weighted by Crippen LogP contribution is 2.40. The zero-order chi connectivity index (χ0) is 35.8. The van der Waals surface area contributed by atoms with Crippen LogP contribution in [0.2, 0.25) is 0 Å². The van der Waals surface area contributed by atoms with Gasteiger partial charge in [-0.25, -0.2) is 0 Å². The maximum atomic E-state index is 13.5. The second kappa shape index (κ2) is 16.8. The van der Waals surface area contributed by atoms with E-state index < -0.39 is 46.7 Å². The van der Waals surface area contributed by atoms with Crippen molar-refractivity contribution in [3.63, 3.8) is 0 Å². The molecule has 0 spiro atoms. The van der Waals surface area contributed by atoms with Gasteiger partial charge in [-0.15, -0.1) is 0 Å². The molecule has 1 atom stereocenters. The van der Waals surface area contributed by atoms with E-state index in [2.05, 4.69) is 35.8 Å². The van der Waals surface area contributed by atoms with Crippen LogP contribution in [0.15, 0.2) is 36.4 Å². The Morgan fingerprint density at radius 2 is 1.43 bits per heavy atom. The van der Waals surface area contributed by atoms with E-state index >= 15 is 0 Å². The number of Topliss-reactive ketones (excluding diaryl/α,β-unsaturated/α-hetero) is 1. The molecule has 1 heterocycles. The summed E-state index contributed by atoms with van der Waals surface area (Å²) in [4.78, 5) is 18.5. The van der Waals surface area contributed by atoms with Crippen LogP contribution < -0.4 is 0 Å². The first kappa shape index (κ1) is 38.7. The maximum absolute atomic E-state index is 13.5. The number of benzene rings is 2. The Morgan fingerprint density at radius 3 is 1.98 bits per heavy atom. The van der Waals surface area contributed by atoms with E-state index in [1.54, 1.807) is 0 Å². The number of ketones is 1. The number of halogens is 6. The van der Waals surface area contributed by atoms with E-state index in [4.69, 9.17) is 10.8 Å². The second-order valence-electron chi connectivity index (χ2n) is 13.8. The molecule has 2 fully saturated rings. The number of hydrogen-bond donors (Lipinski definition) is 2. The monoisotopic (exact) mass is 692 g/mol. The third-order valence-corrected chi connectivity index (χ3v) is 10.6. The Balaban J connectivity index is 1.60. The highest BCUT2D eigenvalue weighted by molar-refractivity contribution is 6.39. The van der Waals surface area contributed by atoms with Crippen LogP contribution >= 0.6 is 0 Å². The summed E-state index contributed by atoms with van der Waals surface area (Å²) < 4.78 is 81.1. The van der Waals surface area contributed by atoms with Gasteiger partial charge in [-0.1, -0.05) is 51.3 Å². The molecule has 1 aliphatic heterocycles. The Kier molecular flexibility index (Phi) is 13.3. The Labute approximate surface area is 286 Å². The lowest BCUT2D eigenvalue weighted by Gasteiger charge is -2.42. The van der Waals surface area contributed by atoms with Crippen molar-refractivity contribution in [1.29, 1.82) is 10.8 Å². The number of aryl methyl sites for hydroxylation is 2. The van der Waals surface area contributed by atoms with Crippen LogP contribution in [-0.2, 0) is 41.8 Å². The standard InChI is InChI=1S/C38H50F6N4O/c1-3-28-11-12-30(24-29(28)4-2)36(13-8-15-45,14-16-47-17-19-48(20-18-47)33-9-6-5-7-10-33)26-34(46)35(49)23-27-21-31(37(39,40)41)25-32(22-27)38(42,43)44/h11-12,15,21-22,24-25,33,45-46H,3-10,13-14,16-20,23,26H2,1-2H3/t36-/m0/s1. The minimum Gasteiger partial charge on any atom is -0.313 e. The minimum absolute atomic E-state index is 0.0264. The molecular weight excluding hydrogens is 642 g/mol. The molecule has 0 aromatic heterocycles. The minimum atomic E-state index is -5.03. The lowest BCUT2D eigenvalue weighted by Crippen LogP contribution is -2.51. The van der Waals surface area contributed by atoms with Crippen molar-refractivity contribution < 1.29 is 31.1 Å². The van der Waals surface area contributed by atoms with Crippen molar-refractivity contribution in [2.75, 3.05) is 32.7 Å². The van der Waals surface area contributed by atoms with Gasteiger partial charge in [-0.05, 0) is 98.2 Å². The molecule has 2 N–H and O–H groups in total. The zero-order valence-corrected chi connectivity index (χ0v) is 28.7. The van der Waals surface area contributed by atoms with Gasteiger partial charge < -0.3 is 15.7 Å². The smallest absolute Gasteiger partial charge is 0.313 e. The third kappa shape index (κ3) is 10.2. The molecule has 2 aliphatic rings. The van der Waals surface area contributed by atoms with Crippen LogP contribution in [0.3, 0.4) is 0 Å². The molecule has 4 rings (SSSR count). The van der Waals surface area contributed by atoms with Crippen LogP contribution in [-0.4, -0.2) is 66.3 Å². The van der Waals surface area contributed by atoms with Crippen molar-refractivity contribution in [2.45, 2.75) is 115 Å². The first-order chi connectivity index (χ1) is 23.2. The largest absolute Gasteiger partial charge is 0.416 e. The number of hydrogen-bond acceptors (Lipinski definition) is 5. The Bertz CT molecular complexity index is 1410. The lowest BCUT2D eigenvalue weighted by molar-refractivity contribution is -0.143. The number of rotatable bonds is 15. The molecule has 270 valence electrons. The van der Waals surface area contributed by atoms with Gasteiger partial charge in [0.15, 0.2) is 5.78 Å². The fourth-order valence-electron chi connectivity index (χ4n) is 7.69. The van der Waals surface area contributed by atoms with Gasteiger partial charge in [0.1, 0.15) is 0 Å². The van der Waals surface area contributed by atoms with Gasteiger partial charge >= 0.3 is 12.4 Å². The molecule has 1 aliphatic carbocycles. The maximum Gasteiger partial charge on any atom is 0.416 e. The predicted octanol–water partition coefficient (Wildman–Crippen LogP) is 9.08. The fraction of sp³-hybridized carbons (Fsp3) is 0.605. The summed E-state index contributed by atoms with van der Waals surface area (Å²) in [6.07, 6.45) is -0.0767. The van der Waals surface area contributed by atoms with Crippen molar-refractivity contribution >= 4 is 17.7 Å². The van der Waals surface area contributed by atoms with Crippen molar-refractivity contribution in [2.24, 2.45) is 0 Å². The van der Waals surface area contributed by atoms with Crippen LogP contribution in [0.4, 0.5) is 26.3 Å². The van der Waals surface area contributed by atoms with Crippen LogP contribution in [0.25, 0.3) is 0 Å². The van der Waals surface area contributed by atoms with E-state index in [0.29, 0.717) is 44.0 Å². The molecule has 0 radical (unpaired) electrons. The van der Waals surface area contributed by atoms with Gasteiger partial charge in [0.05, 0.1) is 16.8 Å². The van der Waals surface area contributed by atoms with E-state index in [1.165, 1.54) is 43.9 Å². The molecule has 2 aromatic rings. The van der Waals surface area contributed by atoms with E-state index in [-0.39, 0.29) is 18.2 Å². The molecule has 0 amide bonds. The second-order valence-corrected chi connectivity index (χ2v) is 13.8. The number of carbonyl (C=O) groups excluding carboxylic acids is 1. The van der Waals surface area contributed by atoms with Gasteiger partial charge in [-0.3, -0.25) is 9.69 Å². The van der Waals surface area contributed by atoms with E-state index in [1.807, 2.05) is 6.07 Å². The van der Waals surface area contributed by atoms with Gasteiger partial charge in [-0.2, -0.15) is 26.3 Å². The third-order valence-electron chi connectivity index (χ3n) is 10.6. The van der Waals surface area contributed by atoms with Gasteiger partial charge in [0, 0.05) is 50.5 Å². The first-order valence-corrected chi connectivity index (χ1v) is 17.7. The summed E-state index contributed by atoms with van der Waals surface area (Å²) in [6.45, 7) is 8.62. The zero-order valence-electron chi connectivity index (χ0n) is 28.7. The highest BCUT2D eigenvalue weighted by Gasteiger charge is 2.39. The highest BCUT2D eigenvalue weighted by atomic mass is 19.4. The summed E-state index contributed by atoms with van der Waals surface area (Å²) in [5.41, 5.74) is -1.17. The number of piperazine rings is 1. The molecule has 1 saturated carbocycles. The summed E-state index contributed by atoms with van der Waals surface area (Å²) in [5, 5.41) is 16.8. The molecule has 5 nitrogen and oxygen atoms in total. The topological polar surface area (TPSA) is 71.2 Å². The van der Waals surface area contributed by atoms with Crippen molar-refractivity contribution in [3.05, 3.63) is 69.8 Å². The average molecular weight is 693 g/mol. The molecule has 0 bridgehead atoms. The normalized spacial score (nSPS) is 18.3. The van der Waals surface area contributed by atoms with Crippen LogP contribution in [0, 0.1) is 10.8 Å². The molecular formula is C38H50F6N4O. The first-order valence-electron chi connectivity index (χ1n) is 17.7. The SMILES string of the molecule is CCc1ccc([C@@](CCC=N)(CCN2CCN(C3CCCCC3)CC2)CC(=N)C(=O)Cc2cc(C(F)(F)F)cc(C(F)(F)F)c2)cc1CC. The van der Waals surface area contributed by atoms with Crippen LogP contribution in [0.1, 0.15) is 105 Å². The van der Waals surface area contributed by atoms with Gasteiger partial charge in [0.25, 0.3) is 0 Å². The summed E-state index contributed by atoms with van der Waals surface area (Å²) in [6, 6.07) is 8.04. The fourth-order valence-corrected chi connectivity index (χ4v) is 7.69. The molecule has 2 aromatic carbocycles. The van der Waals surface area contributed by atoms with Crippen LogP contribution in [0.5, 0.6) is 0 Å². The average Bonchev–Trinajstić information content (AvgIpc) is 3.08. The summed E-state index contributed by atoms with van der Waals surface area (Å²) >= 11 is 0. The lowest BCUT2D eigenvalue weighted by atomic mass is 9.69. The number of alkyl halides is 6.